The molecule has 0 bridgehead atoms. The number of rotatable bonds is 2. The Morgan fingerprint density at radius 3 is 2.31 bits per heavy atom. The van der Waals surface area contributed by atoms with Crippen LogP contribution in [0, 0.1) is 0 Å². The number of Topliss-reactive ketones (excluding diaryl/α,β-unsaturated/α-hetero) is 1. The van der Waals surface area contributed by atoms with Crippen LogP contribution >= 0.6 is 0 Å². The molecule has 0 saturated carbocycles. The molecule has 0 atom stereocenters. The van der Waals surface area contributed by atoms with Gasteiger partial charge in [-0.2, -0.15) is 0 Å². The first kappa shape index (κ1) is 11.3. The van der Waals surface area contributed by atoms with E-state index >= 15 is 0 Å². The van der Waals surface area contributed by atoms with Crippen molar-refractivity contribution in [2.24, 2.45) is 5.73 Å². The zero-order valence-electron chi connectivity index (χ0n) is 9.53. The summed E-state index contributed by atoms with van der Waals surface area (Å²) in [5.41, 5.74) is 7.89. The molecule has 2 N–H and O–H groups in total. The Labute approximate surface area is 95.6 Å². The average Bonchev–Trinajstić information content (AvgIpc) is 2.30. The second kappa shape index (κ2) is 4.36. The Morgan fingerprint density at radius 2 is 1.81 bits per heavy atom. The number of ketones is 1. The van der Waals surface area contributed by atoms with E-state index in [9.17, 15) is 4.79 Å². The van der Waals surface area contributed by atoms with Crippen LogP contribution in [-0.4, -0.2) is 19.0 Å². The Bertz CT molecular complexity index is 377. The number of hydrogen-bond acceptors (Lipinski definition) is 3. The lowest BCUT2D eigenvalue weighted by molar-refractivity contribution is 0.0522. The van der Waals surface area contributed by atoms with Gasteiger partial charge in [-0.25, -0.2) is 0 Å². The average molecular weight is 219 g/mol. The summed E-state index contributed by atoms with van der Waals surface area (Å²) in [6.07, 6.45) is 1.68. The summed E-state index contributed by atoms with van der Waals surface area (Å²) in [6.45, 7) is 3.00. The maximum absolute atomic E-state index is 11.2. The van der Waals surface area contributed by atoms with Crippen LogP contribution in [0.3, 0.4) is 0 Å². The van der Waals surface area contributed by atoms with Gasteiger partial charge >= 0.3 is 0 Å². The van der Waals surface area contributed by atoms with Gasteiger partial charge in [0.2, 0.25) is 0 Å². The lowest BCUT2D eigenvalue weighted by Gasteiger charge is -2.33. The van der Waals surface area contributed by atoms with E-state index in [1.54, 1.807) is 6.92 Å². The van der Waals surface area contributed by atoms with Crippen LogP contribution in [0.5, 0.6) is 0 Å². The number of benzene rings is 1. The molecule has 16 heavy (non-hydrogen) atoms. The molecule has 0 aromatic heterocycles. The predicted octanol–water partition coefficient (Wildman–Crippen LogP) is 1.85. The van der Waals surface area contributed by atoms with E-state index in [1.807, 2.05) is 24.3 Å². The molecular weight excluding hydrogens is 202 g/mol. The van der Waals surface area contributed by atoms with Crippen LogP contribution in [0.1, 0.15) is 35.7 Å². The zero-order valence-corrected chi connectivity index (χ0v) is 9.53. The minimum Gasteiger partial charge on any atom is -0.381 e. The summed E-state index contributed by atoms with van der Waals surface area (Å²) < 4.78 is 5.31. The number of carbonyl (C=O) groups excluding carboxylic acids is 1. The maximum atomic E-state index is 11.2. The molecule has 86 valence electrons. The van der Waals surface area contributed by atoms with Gasteiger partial charge in [-0.05, 0) is 25.3 Å². The molecule has 1 aromatic rings. The number of nitrogens with two attached hydrogens (primary N) is 1. The van der Waals surface area contributed by atoms with E-state index in [2.05, 4.69) is 0 Å². The minimum absolute atomic E-state index is 0.0876. The molecule has 1 saturated heterocycles. The van der Waals surface area contributed by atoms with Crippen LogP contribution in [-0.2, 0) is 10.3 Å². The first-order valence-corrected chi connectivity index (χ1v) is 5.60. The third-order valence-electron chi connectivity index (χ3n) is 3.25. The topological polar surface area (TPSA) is 52.3 Å². The molecule has 0 spiro atoms. The van der Waals surface area contributed by atoms with Crippen molar-refractivity contribution in [2.45, 2.75) is 25.3 Å². The molecule has 0 amide bonds. The Morgan fingerprint density at radius 1 is 1.25 bits per heavy atom. The second-order valence-electron chi connectivity index (χ2n) is 4.40. The standard InChI is InChI=1S/C13H17NO2/c1-10(15)11-2-4-12(5-3-11)13(14)6-8-16-9-7-13/h2-5H,6-9,14H2,1H3. The van der Waals surface area contributed by atoms with E-state index in [1.165, 1.54) is 0 Å². The maximum Gasteiger partial charge on any atom is 0.159 e. The predicted molar refractivity (Wildman–Crippen MR) is 62.4 cm³/mol. The van der Waals surface area contributed by atoms with Crippen molar-refractivity contribution in [2.75, 3.05) is 13.2 Å². The highest BCUT2D eigenvalue weighted by Crippen LogP contribution is 2.29. The third kappa shape index (κ3) is 2.15. The molecule has 3 heteroatoms. The highest BCUT2D eigenvalue weighted by Gasteiger charge is 2.29. The fraction of sp³-hybridized carbons (Fsp3) is 0.462. The molecule has 1 aliphatic rings. The van der Waals surface area contributed by atoms with Gasteiger partial charge in [0, 0.05) is 24.3 Å². The van der Waals surface area contributed by atoms with Gasteiger partial charge in [-0.15, -0.1) is 0 Å². The lowest BCUT2D eigenvalue weighted by atomic mass is 9.83. The molecule has 0 unspecified atom stereocenters. The fourth-order valence-electron chi connectivity index (χ4n) is 2.06. The van der Waals surface area contributed by atoms with E-state index < -0.39 is 0 Å². The second-order valence-corrected chi connectivity index (χ2v) is 4.40. The summed E-state index contributed by atoms with van der Waals surface area (Å²) in [6, 6.07) is 7.62. The molecule has 1 aromatic carbocycles. The molecule has 0 aliphatic carbocycles. The normalized spacial score (nSPS) is 19.4. The molecule has 1 aliphatic heterocycles. The van der Waals surface area contributed by atoms with Crippen molar-refractivity contribution in [3.05, 3.63) is 35.4 Å². The van der Waals surface area contributed by atoms with Crippen LogP contribution in [0.15, 0.2) is 24.3 Å². The van der Waals surface area contributed by atoms with Crippen LogP contribution in [0.2, 0.25) is 0 Å². The summed E-state index contributed by atoms with van der Waals surface area (Å²) in [5, 5.41) is 0. The fourth-order valence-corrected chi connectivity index (χ4v) is 2.06. The van der Waals surface area contributed by atoms with E-state index in [0.717, 1.165) is 24.0 Å². The summed E-state index contributed by atoms with van der Waals surface area (Å²) in [5.74, 6) is 0.0876. The highest BCUT2D eigenvalue weighted by molar-refractivity contribution is 5.94. The van der Waals surface area contributed by atoms with Gasteiger partial charge in [0.05, 0.1) is 0 Å². The smallest absolute Gasteiger partial charge is 0.159 e. The highest BCUT2D eigenvalue weighted by atomic mass is 16.5. The van der Waals surface area contributed by atoms with Crippen LogP contribution in [0.4, 0.5) is 0 Å². The first-order valence-electron chi connectivity index (χ1n) is 5.60. The van der Waals surface area contributed by atoms with E-state index in [4.69, 9.17) is 10.5 Å². The molecule has 2 rings (SSSR count). The van der Waals surface area contributed by atoms with Crippen molar-refractivity contribution in [1.29, 1.82) is 0 Å². The quantitative estimate of drug-likeness (QED) is 0.772. The van der Waals surface area contributed by atoms with Crippen LogP contribution in [0.25, 0.3) is 0 Å². The number of hydrogen-bond donors (Lipinski definition) is 1. The van der Waals surface area contributed by atoms with Crippen molar-refractivity contribution in [3.8, 4) is 0 Å². The first-order chi connectivity index (χ1) is 7.62. The van der Waals surface area contributed by atoms with Gasteiger partial charge in [-0.3, -0.25) is 4.79 Å². The van der Waals surface area contributed by atoms with Crippen LogP contribution < -0.4 is 5.73 Å². The van der Waals surface area contributed by atoms with Gasteiger partial charge in [0.15, 0.2) is 5.78 Å². The Hall–Kier alpha value is -1.19. The monoisotopic (exact) mass is 219 g/mol. The summed E-state index contributed by atoms with van der Waals surface area (Å²) in [7, 11) is 0. The molecular formula is C13H17NO2. The van der Waals surface area contributed by atoms with Crippen molar-refractivity contribution >= 4 is 5.78 Å². The van der Waals surface area contributed by atoms with E-state index in [-0.39, 0.29) is 11.3 Å². The minimum atomic E-state index is -0.284. The van der Waals surface area contributed by atoms with Gasteiger partial charge in [-0.1, -0.05) is 24.3 Å². The van der Waals surface area contributed by atoms with Gasteiger partial charge < -0.3 is 10.5 Å². The largest absolute Gasteiger partial charge is 0.381 e. The SMILES string of the molecule is CC(=O)c1ccc(C2(N)CCOCC2)cc1. The van der Waals surface area contributed by atoms with Crippen molar-refractivity contribution < 1.29 is 9.53 Å². The molecule has 1 fully saturated rings. The lowest BCUT2D eigenvalue weighted by Crippen LogP contribution is -2.42. The third-order valence-corrected chi connectivity index (χ3v) is 3.25. The number of carbonyl (C=O) groups is 1. The van der Waals surface area contributed by atoms with Crippen molar-refractivity contribution in [1.82, 2.24) is 0 Å². The van der Waals surface area contributed by atoms with Crippen molar-refractivity contribution in [3.63, 3.8) is 0 Å². The molecule has 0 radical (unpaired) electrons. The zero-order chi connectivity index (χ0) is 11.6. The summed E-state index contributed by atoms with van der Waals surface area (Å²) in [4.78, 5) is 11.2. The summed E-state index contributed by atoms with van der Waals surface area (Å²) >= 11 is 0. The Kier molecular flexibility index (Phi) is 3.08. The molecule has 1 heterocycles. The van der Waals surface area contributed by atoms with Gasteiger partial charge in [0.1, 0.15) is 0 Å². The van der Waals surface area contributed by atoms with Gasteiger partial charge in [0.25, 0.3) is 0 Å². The number of ether oxygens (including phenoxy) is 1. The molecule has 3 nitrogen and oxygen atoms in total. The Balaban J connectivity index is 2.23. The van der Waals surface area contributed by atoms with E-state index in [0.29, 0.717) is 13.2 Å².